The molecule has 1 aliphatic rings. The van der Waals surface area contributed by atoms with Crippen molar-refractivity contribution in [1.29, 1.82) is 0 Å². The molecule has 2 rings (SSSR count). The van der Waals surface area contributed by atoms with Gasteiger partial charge < -0.3 is 15.4 Å². The maximum Gasteiger partial charge on any atom is 0.252 e. The molecular formula is C11H17N3O2. The number of hydrogen-bond acceptors (Lipinski definition) is 4. The second-order valence-electron chi connectivity index (χ2n) is 4.49. The van der Waals surface area contributed by atoms with E-state index in [0.717, 1.165) is 25.7 Å². The van der Waals surface area contributed by atoms with Gasteiger partial charge in [-0.3, -0.25) is 4.79 Å². The molecule has 0 spiro atoms. The lowest BCUT2D eigenvalue weighted by molar-refractivity contribution is 0.214. The first-order chi connectivity index (χ1) is 7.63. The number of nitrogens with zero attached hydrogens (tertiary/aromatic N) is 1. The Morgan fingerprint density at radius 2 is 2.25 bits per heavy atom. The highest BCUT2D eigenvalue weighted by molar-refractivity contribution is 5.37. The van der Waals surface area contributed by atoms with Crippen molar-refractivity contribution in [3.63, 3.8) is 0 Å². The van der Waals surface area contributed by atoms with E-state index in [4.69, 9.17) is 0 Å². The Morgan fingerprint density at radius 3 is 2.81 bits per heavy atom. The summed E-state index contributed by atoms with van der Waals surface area (Å²) in [5, 5.41) is 12.6. The zero-order chi connectivity index (χ0) is 11.6. The van der Waals surface area contributed by atoms with Gasteiger partial charge in [0.1, 0.15) is 11.6 Å². The lowest BCUT2D eigenvalue weighted by atomic mass is 9.99. The number of aromatic nitrogens is 2. The summed E-state index contributed by atoms with van der Waals surface area (Å²) in [6.07, 6.45) is 4.07. The van der Waals surface area contributed by atoms with Gasteiger partial charge in [-0.25, -0.2) is 4.98 Å². The van der Waals surface area contributed by atoms with E-state index in [1.807, 2.05) is 0 Å². The van der Waals surface area contributed by atoms with Crippen molar-refractivity contribution in [2.45, 2.75) is 38.1 Å². The minimum absolute atomic E-state index is 0.0839. The number of hydrogen-bond donors (Lipinski definition) is 3. The third-order valence-corrected chi connectivity index (χ3v) is 3.12. The highest BCUT2D eigenvalue weighted by Gasteiger charge is 2.33. The molecule has 88 valence electrons. The molecule has 16 heavy (non-hydrogen) atoms. The average Bonchev–Trinajstić information content (AvgIpc) is 2.65. The number of nitrogens with one attached hydrogen (secondary N) is 2. The van der Waals surface area contributed by atoms with Crippen molar-refractivity contribution in [2.75, 3.05) is 11.9 Å². The molecule has 0 amide bonds. The van der Waals surface area contributed by atoms with Gasteiger partial charge in [0.2, 0.25) is 0 Å². The van der Waals surface area contributed by atoms with E-state index in [1.54, 1.807) is 6.92 Å². The van der Waals surface area contributed by atoms with Crippen molar-refractivity contribution >= 4 is 5.82 Å². The van der Waals surface area contributed by atoms with Crippen LogP contribution in [0.5, 0.6) is 0 Å². The van der Waals surface area contributed by atoms with E-state index in [-0.39, 0.29) is 17.7 Å². The van der Waals surface area contributed by atoms with E-state index < -0.39 is 0 Å². The third-order valence-electron chi connectivity index (χ3n) is 3.12. The first-order valence-corrected chi connectivity index (χ1v) is 5.61. The number of aliphatic hydroxyl groups is 1. The van der Waals surface area contributed by atoms with E-state index in [2.05, 4.69) is 15.3 Å². The summed E-state index contributed by atoms with van der Waals surface area (Å²) in [5.74, 6) is 1.14. The lowest BCUT2D eigenvalue weighted by Gasteiger charge is -2.28. The van der Waals surface area contributed by atoms with Crippen LogP contribution in [0.25, 0.3) is 0 Å². The fraction of sp³-hybridized carbons (Fsp3) is 0.636. The number of anilines is 1. The van der Waals surface area contributed by atoms with Crippen molar-refractivity contribution < 1.29 is 5.11 Å². The molecule has 0 radical (unpaired) electrons. The Hall–Kier alpha value is -1.36. The van der Waals surface area contributed by atoms with Crippen LogP contribution in [0.4, 0.5) is 5.82 Å². The van der Waals surface area contributed by atoms with Crippen LogP contribution in [0.3, 0.4) is 0 Å². The van der Waals surface area contributed by atoms with E-state index >= 15 is 0 Å². The van der Waals surface area contributed by atoms with Crippen LogP contribution in [0, 0.1) is 6.92 Å². The second-order valence-corrected chi connectivity index (χ2v) is 4.49. The highest BCUT2D eigenvalue weighted by Crippen LogP contribution is 2.31. The number of H-pyrrole nitrogens is 1. The average molecular weight is 223 g/mol. The van der Waals surface area contributed by atoms with Gasteiger partial charge in [0, 0.05) is 6.07 Å². The first kappa shape index (κ1) is 11.1. The Balaban J connectivity index is 2.22. The van der Waals surface area contributed by atoms with E-state index in [0.29, 0.717) is 11.6 Å². The molecule has 5 nitrogen and oxygen atoms in total. The first-order valence-electron chi connectivity index (χ1n) is 5.61. The molecule has 3 N–H and O–H groups in total. The summed E-state index contributed by atoms with van der Waals surface area (Å²) >= 11 is 0. The zero-order valence-corrected chi connectivity index (χ0v) is 9.42. The molecule has 1 saturated carbocycles. The summed E-state index contributed by atoms with van der Waals surface area (Å²) in [7, 11) is 0. The van der Waals surface area contributed by atoms with Crippen LogP contribution >= 0.6 is 0 Å². The van der Waals surface area contributed by atoms with Gasteiger partial charge in [-0.15, -0.1) is 0 Å². The maximum atomic E-state index is 11.3. The molecule has 1 aromatic heterocycles. The Kier molecular flexibility index (Phi) is 2.96. The van der Waals surface area contributed by atoms with E-state index in [1.165, 1.54) is 6.07 Å². The minimum atomic E-state index is -0.284. The molecule has 1 fully saturated rings. The van der Waals surface area contributed by atoms with Gasteiger partial charge in [0.15, 0.2) is 0 Å². The lowest BCUT2D eigenvalue weighted by Crippen LogP contribution is -2.39. The quantitative estimate of drug-likeness (QED) is 0.708. The van der Waals surface area contributed by atoms with Crippen LogP contribution in [0.15, 0.2) is 10.9 Å². The van der Waals surface area contributed by atoms with Crippen LogP contribution in [-0.4, -0.2) is 27.2 Å². The summed E-state index contributed by atoms with van der Waals surface area (Å²) in [6.45, 7) is 1.83. The molecule has 1 heterocycles. The molecule has 0 bridgehead atoms. The van der Waals surface area contributed by atoms with Crippen LogP contribution in [0.2, 0.25) is 0 Å². The molecule has 0 unspecified atom stereocenters. The Labute approximate surface area is 93.9 Å². The Bertz CT molecular complexity index is 421. The fourth-order valence-electron chi connectivity index (χ4n) is 2.29. The fourth-order valence-corrected chi connectivity index (χ4v) is 2.29. The SMILES string of the molecule is Cc1nc(NC2(CO)CCCC2)cc(=O)[nH]1. The molecule has 1 aromatic rings. The summed E-state index contributed by atoms with van der Waals surface area (Å²) in [5.41, 5.74) is -0.450. The van der Waals surface area contributed by atoms with E-state index in [9.17, 15) is 9.90 Å². The van der Waals surface area contributed by atoms with Gasteiger partial charge in [-0.2, -0.15) is 0 Å². The van der Waals surface area contributed by atoms with Gasteiger partial charge in [-0.05, 0) is 19.8 Å². The van der Waals surface area contributed by atoms with Gasteiger partial charge in [-0.1, -0.05) is 12.8 Å². The molecule has 1 aliphatic carbocycles. The maximum absolute atomic E-state index is 11.3. The summed E-state index contributed by atoms with van der Waals surface area (Å²) in [4.78, 5) is 18.1. The van der Waals surface area contributed by atoms with Crippen molar-refractivity contribution in [3.8, 4) is 0 Å². The molecule has 5 heteroatoms. The topological polar surface area (TPSA) is 78.0 Å². The largest absolute Gasteiger partial charge is 0.394 e. The monoisotopic (exact) mass is 223 g/mol. The van der Waals surface area contributed by atoms with Gasteiger partial charge in [0.05, 0.1) is 12.1 Å². The number of aryl methyl sites for hydroxylation is 1. The zero-order valence-electron chi connectivity index (χ0n) is 9.42. The predicted octanol–water partition coefficient (Wildman–Crippen LogP) is 0.795. The van der Waals surface area contributed by atoms with Crippen molar-refractivity contribution in [2.24, 2.45) is 0 Å². The highest BCUT2D eigenvalue weighted by atomic mass is 16.3. The summed E-state index contributed by atoms with van der Waals surface area (Å²) in [6, 6.07) is 1.43. The number of aromatic amines is 1. The molecule has 0 aliphatic heterocycles. The molecule has 0 aromatic carbocycles. The van der Waals surface area contributed by atoms with Crippen LogP contribution in [-0.2, 0) is 0 Å². The standard InChI is InChI=1S/C11H17N3O2/c1-8-12-9(6-10(16)13-8)14-11(7-15)4-2-3-5-11/h6,15H,2-5,7H2,1H3,(H2,12,13,14,16). The number of rotatable bonds is 3. The van der Waals surface area contributed by atoms with Crippen LogP contribution < -0.4 is 10.9 Å². The number of aliphatic hydroxyl groups excluding tert-OH is 1. The Morgan fingerprint density at radius 1 is 1.56 bits per heavy atom. The van der Waals surface area contributed by atoms with Crippen LogP contribution in [0.1, 0.15) is 31.5 Å². The second kappa shape index (κ2) is 4.25. The normalized spacial score (nSPS) is 18.6. The predicted molar refractivity (Wildman–Crippen MR) is 61.5 cm³/mol. The molecule has 0 saturated heterocycles. The van der Waals surface area contributed by atoms with Gasteiger partial charge in [0.25, 0.3) is 5.56 Å². The molecular weight excluding hydrogens is 206 g/mol. The third kappa shape index (κ3) is 2.24. The summed E-state index contributed by atoms with van der Waals surface area (Å²) < 4.78 is 0. The van der Waals surface area contributed by atoms with Crippen molar-refractivity contribution in [1.82, 2.24) is 9.97 Å². The molecule has 0 atom stereocenters. The smallest absolute Gasteiger partial charge is 0.252 e. The van der Waals surface area contributed by atoms with Gasteiger partial charge >= 0.3 is 0 Å². The minimum Gasteiger partial charge on any atom is -0.394 e. The van der Waals surface area contributed by atoms with Crippen molar-refractivity contribution in [3.05, 3.63) is 22.2 Å².